The van der Waals surface area contributed by atoms with Gasteiger partial charge in [-0.3, -0.25) is 0 Å². The maximum Gasteiger partial charge on any atom is 0.317 e. The van der Waals surface area contributed by atoms with Crippen LogP contribution in [0.15, 0.2) is 42.5 Å². The van der Waals surface area contributed by atoms with Crippen molar-refractivity contribution in [3.05, 3.63) is 59.2 Å². The normalized spacial score (nSPS) is 14.2. The van der Waals surface area contributed by atoms with E-state index in [2.05, 4.69) is 61.3 Å². The Hall–Kier alpha value is -2.69. The molecule has 1 fully saturated rings. The van der Waals surface area contributed by atoms with Crippen molar-refractivity contribution >= 4 is 11.7 Å². The molecule has 5 heteroatoms. The second-order valence-corrected chi connectivity index (χ2v) is 7.22. The average molecular weight is 367 g/mol. The van der Waals surface area contributed by atoms with Crippen LogP contribution in [-0.4, -0.2) is 50.3 Å². The zero-order chi connectivity index (χ0) is 19.2. The van der Waals surface area contributed by atoms with Crippen molar-refractivity contribution in [2.75, 3.05) is 44.2 Å². The number of amides is 2. The van der Waals surface area contributed by atoms with Gasteiger partial charge in [0.15, 0.2) is 0 Å². The van der Waals surface area contributed by atoms with Gasteiger partial charge in [0.2, 0.25) is 0 Å². The van der Waals surface area contributed by atoms with Crippen LogP contribution in [0.25, 0.3) is 0 Å². The molecule has 0 radical (unpaired) electrons. The maximum atomic E-state index is 12.4. The molecular weight excluding hydrogens is 338 g/mol. The van der Waals surface area contributed by atoms with Crippen LogP contribution >= 0.6 is 0 Å². The number of carbonyl (C=O) groups is 1. The number of ether oxygens (including phenoxy) is 1. The number of anilines is 1. The first kappa shape index (κ1) is 19.1. The summed E-state index contributed by atoms with van der Waals surface area (Å²) in [5.41, 5.74) is 4.86. The summed E-state index contributed by atoms with van der Waals surface area (Å²) in [6.45, 7) is 10.4. The first-order valence-electron chi connectivity index (χ1n) is 9.57. The first-order chi connectivity index (χ1) is 13.0. The lowest BCUT2D eigenvalue weighted by Crippen LogP contribution is -2.52. The van der Waals surface area contributed by atoms with Crippen LogP contribution in [-0.2, 0) is 0 Å². The topological polar surface area (TPSA) is 44.8 Å². The Labute approximate surface area is 161 Å². The Balaban J connectivity index is 1.39. The fourth-order valence-corrected chi connectivity index (χ4v) is 3.45. The third-order valence-corrected chi connectivity index (χ3v) is 4.78. The highest BCUT2D eigenvalue weighted by atomic mass is 16.5. The summed E-state index contributed by atoms with van der Waals surface area (Å²) in [6, 6.07) is 14.6. The van der Waals surface area contributed by atoms with Gasteiger partial charge in [-0.05, 0) is 61.7 Å². The predicted octanol–water partition coefficient (Wildman–Crippen LogP) is 3.52. The summed E-state index contributed by atoms with van der Waals surface area (Å²) in [5, 5.41) is 2.96. The van der Waals surface area contributed by atoms with E-state index in [0.717, 1.165) is 31.9 Å². The van der Waals surface area contributed by atoms with E-state index in [4.69, 9.17) is 4.74 Å². The van der Waals surface area contributed by atoms with Crippen LogP contribution in [0.4, 0.5) is 10.5 Å². The highest BCUT2D eigenvalue weighted by Gasteiger charge is 2.21. The quantitative estimate of drug-likeness (QED) is 0.823. The summed E-state index contributed by atoms with van der Waals surface area (Å²) in [4.78, 5) is 16.6. The SMILES string of the molecule is Cc1cc(C)cc(OCCNC(=O)N2CCN(c3cccc(C)c3)CC2)c1. The minimum atomic E-state index is -0.0112. The van der Waals surface area contributed by atoms with Crippen molar-refractivity contribution in [2.45, 2.75) is 20.8 Å². The molecule has 1 heterocycles. The fraction of sp³-hybridized carbons (Fsp3) is 0.409. The number of urea groups is 1. The lowest BCUT2D eigenvalue weighted by molar-refractivity contribution is 0.191. The monoisotopic (exact) mass is 367 g/mol. The van der Waals surface area contributed by atoms with E-state index in [1.54, 1.807) is 0 Å². The van der Waals surface area contributed by atoms with E-state index in [0.29, 0.717) is 13.2 Å². The Morgan fingerprint density at radius 2 is 1.67 bits per heavy atom. The summed E-state index contributed by atoms with van der Waals surface area (Å²) in [5.74, 6) is 0.855. The molecular formula is C22H29N3O2. The summed E-state index contributed by atoms with van der Waals surface area (Å²) < 4.78 is 5.75. The second kappa shape index (κ2) is 8.80. The van der Waals surface area contributed by atoms with Gasteiger partial charge in [0.25, 0.3) is 0 Å². The number of hydrogen-bond donors (Lipinski definition) is 1. The molecule has 2 aromatic carbocycles. The molecule has 2 amide bonds. The third kappa shape index (κ3) is 5.39. The Kier molecular flexibility index (Phi) is 6.22. The largest absolute Gasteiger partial charge is 0.492 e. The Morgan fingerprint density at radius 3 is 2.33 bits per heavy atom. The Bertz CT molecular complexity index is 763. The third-order valence-electron chi connectivity index (χ3n) is 4.78. The summed E-state index contributed by atoms with van der Waals surface area (Å²) >= 11 is 0. The number of nitrogens with one attached hydrogen (secondary N) is 1. The highest BCUT2D eigenvalue weighted by Crippen LogP contribution is 2.18. The minimum Gasteiger partial charge on any atom is -0.492 e. The number of nitrogens with zero attached hydrogens (tertiary/aromatic N) is 2. The molecule has 0 unspecified atom stereocenters. The molecule has 0 bridgehead atoms. The molecule has 3 rings (SSSR count). The van der Waals surface area contributed by atoms with Gasteiger partial charge in [-0.2, -0.15) is 0 Å². The van der Waals surface area contributed by atoms with Gasteiger partial charge in [0.1, 0.15) is 12.4 Å². The molecule has 5 nitrogen and oxygen atoms in total. The first-order valence-corrected chi connectivity index (χ1v) is 9.57. The van der Waals surface area contributed by atoms with Crippen LogP contribution in [0, 0.1) is 20.8 Å². The van der Waals surface area contributed by atoms with Crippen LogP contribution in [0.2, 0.25) is 0 Å². The number of hydrogen-bond acceptors (Lipinski definition) is 3. The van der Waals surface area contributed by atoms with E-state index in [1.807, 2.05) is 17.0 Å². The summed E-state index contributed by atoms with van der Waals surface area (Å²) in [6.07, 6.45) is 0. The maximum absolute atomic E-state index is 12.4. The molecule has 144 valence electrons. The van der Waals surface area contributed by atoms with E-state index < -0.39 is 0 Å². The van der Waals surface area contributed by atoms with Gasteiger partial charge in [-0.25, -0.2) is 4.79 Å². The van der Waals surface area contributed by atoms with Crippen molar-refractivity contribution in [3.8, 4) is 5.75 Å². The van der Waals surface area contributed by atoms with Crippen LogP contribution in [0.1, 0.15) is 16.7 Å². The molecule has 1 aliphatic rings. The van der Waals surface area contributed by atoms with E-state index in [9.17, 15) is 4.79 Å². The van der Waals surface area contributed by atoms with Gasteiger partial charge < -0.3 is 19.9 Å². The molecule has 0 aromatic heterocycles. The zero-order valence-corrected chi connectivity index (χ0v) is 16.5. The van der Waals surface area contributed by atoms with Crippen molar-refractivity contribution in [1.29, 1.82) is 0 Å². The van der Waals surface area contributed by atoms with Crippen LogP contribution in [0.3, 0.4) is 0 Å². The van der Waals surface area contributed by atoms with Crippen molar-refractivity contribution < 1.29 is 9.53 Å². The van der Waals surface area contributed by atoms with Gasteiger partial charge >= 0.3 is 6.03 Å². The molecule has 27 heavy (non-hydrogen) atoms. The smallest absolute Gasteiger partial charge is 0.317 e. The lowest BCUT2D eigenvalue weighted by atomic mass is 10.1. The molecule has 2 aromatic rings. The molecule has 1 N–H and O–H groups in total. The van der Waals surface area contributed by atoms with Crippen molar-refractivity contribution in [2.24, 2.45) is 0 Å². The standard InChI is InChI=1S/C22H29N3O2/c1-17-5-4-6-20(14-17)24-8-10-25(11-9-24)22(26)23-7-12-27-21-15-18(2)13-19(3)16-21/h4-6,13-16H,7-12H2,1-3H3,(H,23,26). The minimum absolute atomic E-state index is 0.0112. The molecule has 0 spiro atoms. The predicted molar refractivity (Wildman–Crippen MR) is 110 cm³/mol. The number of benzene rings is 2. The number of aryl methyl sites for hydroxylation is 3. The van der Waals surface area contributed by atoms with E-state index in [1.165, 1.54) is 22.4 Å². The molecule has 0 saturated carbocycles. The van der Waals surface area contributed by atoms with E-state index in [-0.39, 0.29) is 6.03 Å². The van der Waals surface area contributed by atoms with Gasteiger partial charge in [-0.1, -0.05) is 18.2 Å². The molecule has 1 aliphatic heterocycles. The summed E-state index contributed by atoms with van der Waals surface area (Å²) in [7, 11) is 0. The second-order valence-electron chi connectivity index (χ2n) is 7.22. The van der Waals surface area contributed by atoms with Crippen molar-refractivity contribution in [1.82, 2.24) is 10.2 Å². The van der Waals surface area contributed by atoms with Crippen molar-refractivity contribution in [3.63, 3.8) is 0 Å². The zero-order valence-electron chi connectivity index (χ0n) is 16.5. The molecule has 0 atom stereocenters. The molecule has 1 saturated heterocycles. The highest BCUT2D eigenvalue weighted by molar-refractivity contribution is 5.74. The van der Waals surface area contributed by atoms with Crippen LogP contribution in [0.5, 0.6) is 5.75 Å². The van der Waals surface area contributed by atoms with E-state index >= 15 is 0 Å². The average Bonchev–Trinajstić information content (AvgIpc) is 2.64. The van der Waals surface area contributed by atoms with Gasteiger partial charge in [0, 0.05) is 31.9 Å². The number of carbonyl (C=O) groups excluding carboxylic acids is 1. The van der Waals surface area contributed by atoms with Gasteiger partial charge in [0.05, 0.1) is 6.54 Å². The lowest BCUT2D eigenvalue weighted by Gasteiger charge is -2.36. The molecule has 0 aliphatic carbocycles. The fourth-order valence-electron chi connectivity index (χ4n) is 3.45. The van der Waals surface area contributed by atoms with Gasteiger partial charge in [-0.15, -0.1) is 0 Å². The number of rotatable bonds is 5. The van der Waals surface area contributed by atoms with Crippen LogP contribution < -0.4 is 15.0 Å². The Morgan fingerprint density at radius 1 is 0.963 bits per heavy atom. The number of piperazine rings is 1.